The highest BCUT2D eigenvalue weighted by Gasteiger charge is 2.12. The summed E-state index contributed by atoms with van der Waals surface area (Å²) in [5, 5.41) is 6.77. The van der Waals surface area contributed by atoms with Crippen LogP contribution in [0.2, 0.25) is 0 Å². The zero-order valence-corrected chi connectivity index (χ0v) is 11.5. The normalized spacial score (nSPS) is 19.9. The Hall–Kier alpha value is -1.07. The van der Waals surface area contributed by atoms with Gasteiger partial charge in [0.2, 0.25) is 0 Å². The third-order valence-corrected chi connectivity index (χ3v) is 4.40. The SMILES string of the molecule is CS(=O)(=O)c1ccc(NCC[C@@H]2CCCN2)cc1. The van der Waals surface area contributed by atoms with Crippen molar-refractivity contribution in [1.82, 2.24) is 5.32 Å². The van der Waals surface area contributed by atoms with Crippen molar-refractivity contribution in [1.29, 1.82) is 0 Å². The summed E-state index contributed by atoms with van der Waals surface area (Å²) in [5.74, 6) is 0. The molecular weight excluding hydrogens is 248 g/mol. The molecule has 1 heterocycles. The van der Waals surface area contributed by atoms with Gasteiger partial charge < -0.3 is 10.6 Å². The molecule has 1 aromatic rings. The summed E-state index contributed by atoms with van der Waals surface area (Å²) in [7, 11) is -3.09. The molecule has 1 aromatic carbocycles. The molecule has 1 aliphatic rings. The first-order valence-corrected chi connectivity index (χ1v) is 8.22. The van der Waals surface area contributed by atoms with Gasteiger partial charge in [-0.2, -0.15) is 0 Å². The quantitative estimate of drug-likeness (QED) is 0.852. The van der Waals surface area contributed by atoms with Crippen molar-refractivity contribution in [2.45, 2.75) is 30.2 Å². The Bertz CT molecular complexity index is 476. The van der Waals surface area contributed by atoms with Gasteiger partial charge >= 0.3 is 0 Å². The van der Waals surface area contributed by atoms with E-state index in [0.717, 1.165) is 25.2 Å². The molecule has 100 valence electrons. The summed E-state index contributed by atoms with van der Waals surface area (Å²) in [4.78, 5) is 0.366. The van der Waals surface area contributed by atoms with E-state index in [1.807, 2.05) is 12.1 Å². The Morgan fingerprint density at radius 2 is 2.06 bits per heavy atom. The molecule has 0 saturated carbocycles. The van der Waals surface area contributed by atoms with Crippen LogP contribution < -0.4 is 10.6 Å². The van der Waals surface area contributed by atoms with E-state index in [9.17, 15) is 8.42 Å². The minimum absolute atomic E-state index is 0.366. The Balaban J connectivity index is 1.83. The first-order chi connectivity index (χ1) is 8.55. The summed E-state index contributed by atoms with van der Waals surface area (Å²) in [5.41, 5.74) is 0.973. The zero-order chi connectivity index (χ0) is 13.0. The highest BCUT2D eigenvalue weighted by Crippen LogP contribution is 2.14. The number of rotatable bonds is 5. The molecule has 1 saturated heterocycles. The number of hydrogen-bond donors (Lipinski definition) is 2. The first-order valence-electron chi connectivity index (χ1n) is 6.33. The molecule has 0 amide bonds. The van der Waals surface area contributed by atoms with Crippen LogP contribution in [0.15, 0.2) is 29.2 Å². The van der Waals surface area contributed by atoms with Gasteiger partial charge in [-0.15, -0.1) is 0 Å². The number of anilines is 1. The predicted molar refractivity (Wildman–Crippen MR) is 73.7 cm³/mol. The summed E-state index contributed by atoms with van der Waals surface area (Å²) >= 11 is 0. The number of benzene rings is 1. The molecule has 5 heteroatoms. The Labute approximate surface area is 109 Å². The molecule has 0 unspecified atom stereocenters. The van der Waals surface area contributed by atoms with Crippen molar-refractivity contribution in [3.05, 3.63) is 24.3 Å². The third kappa shape index (κ3) is 3.71. The van der Waals surface area contributed by atoms with Gasteiger partial charge in [0, 0.05) is 24.5 Å². The molecule has 0 spiro atoms. The fraction of sp³-hybridized carbons (Fsp3) is 0.538. The van der Waals surface area contributed by atoms with Crippen LogP contribution in [-0.4, -0.2) is 33.8 Å². The van der Waals surface area contributed by atoms with Gasteiger partial charge in [-0.1, -0.05) is 0 Å². The van der Waals surface area contributed by atoms with E-state index < -0.39 is 9.84 Å². The average molecular weight is 268 g/mol. The summed E-state index contributed by atoms with van der Waals surface area (Å²) in [6.45, 7) is 2.05. The summed E-state index contributed by atoms with van der Waals surface area (Å²) in [6.07, 6.45) is 4.86. The predicted octanol–water partition coefficient (Wildman–Crippen LogP) is 1.64. The molecule has 1 aliphatic heterocycles. The van der Waals surface area contributed by atoms with Gasteiger partial charge in [-0.25, -0.2) is 8.42 Å². The second-order valence-corrected chi connectivity index (χ2v) is 6.82. The number of nitrogens with one attached hydrogen (secondary N) is 2. The smallest absolute Gasteiger partial charge is 0.175 e. The van der Waals surface area contributed by atoms with Crippen LogP contribution in [0.3, 0.4) is 0 Å². The van der Waals surface area contributed by atoms with Gasteiger partial charge in [0.1, 0.15) is 0 Å². The highest BCUT2D eigenvalue weighted by molar-refractivity contribution is 7.90. The van der Waals surface area contributed by atoms with Gasteiger partial charge in [0.05, 0.1) is 4.90 Å². The fourth-order valence-electron chi connectivity index (χ4n) is 2.21. The maximum Gasteiger partial charge on any atom is 0.175 e. The Morgan fingerprint density at radius 3 is 2.61 bits per heavy atom. The molecule has 0 radical (unpaired) electrons. The second-order valence-electron chi connectivity index (χ2n) is 4.81. The fourth-order valence-corrected chi connectivity index (χ4v) is 2.84. The largest absolute Gasteiger partial charge is 0.385 e. The third-order valence-electron chi connectivity index (χ3n) is 3.27. The Morgan fingerprint density at radius 1 is 1.33 bits per heavy atom. The molecule has 2 rings (SSSR count). The van der Waals surface area contributed by atoms with E-state index in [2.05, 4.69) is 10.6 Å². The maximum absolute atomic E-state index is 11.3. The lowest BCUT2D eigenvalue weighted by Crippen LogP contribution is -2.24. The lowest BCUT2D eigenvalue weighted by Gasteiger charge is -2.11. The molecule has 0 aromatic heterocycles. The average Bonchev–Trinajstić information content (AvgIpc) is 2.82. The minimum Gasteiger partial charge on any atom is -0.385 e. The molecule has 1 atom stereocenters. The highest BCUT2D eigenvalue weighted by atomic mass is 32.2. The molecule has 4 nitrogen and oxygen atoms in total. The first kappa shape index (κ1) is 13.4. The van der Waals surface area contributed by atoms with Crippen LogP contribution >= 0.6 is 0 Å². The van der Waals surface area contributed by atoms with Gasteiger partial charge in [0.15, 0.2) is 9.84 Å². The number of sulfone groups is 1. The van der Waals surface area contributed by atoms with Crippen LogP contribution in [0, 0.1) is 0 Å². The van der Waals surface area contributed by atoms with Crippen LogP contribution in [0.1, 0.15) is 19.3 Å². The maximum atomic E-state index is 11.3. The molecule has 18 heavy (non-hydrogen) atoms. The van der Waals surface area contributed by atoms with Crippen LogP contribution in [-0.2, 0) is 9.84 Å². The molecule has 0 aliphatic carbocycles. The van der Waals surface area contributed by atoms with Crippen molar-refractivity contribution >= 4 is 15.5 Å². The van der Waals surface area contributed by atoms with Crippen molar-refractivity contribution < 1.29 is 8.42 Å². The van der Waals surface area contributed by atoms with Gasteiger partial charge in [0.25, 0.3) is 0 Å². The van der Waals surface area contributed by atoms with Crippen LogP contribution in [0.5, 0.6) is 0 Å². The molecule has 2 N–H and O–H groups in total. The number of hydrogen-bond acceptors (Lipinski definition) is 4. The van der Waals surface area contributed by atoms with E-state index in [4.69, 9.17) is 0 Å². The van der Waals surface area contributed by atoms with E-state index in [0.29, 0.717) is 10.9 Å². The van der Waals surface area contributed by atoms with Gasteiger partial charge in [-0.05, 0) is 50.1 Å². The monoisotopic (exact) mass is 268 g/mol. The standard InChI is InChI=1S/C13H20N2O2S/c1-18(16,17)13-6-4-12(5-7-13)15-10-8-11-3-2-9-14-11/h4-7,11,14-15H,2-3,8-10H2,1H3/t11-/m0/s1. The lowest BCUT2D eigenvalue weighted by molar-refractivity contribution is 0.574. The van der Waals surface area contributed by atoms with E-state index >= 15 is 0 Å². The topological polar surface area (TPSA) is 58.2 Å². The van der Waals surface area contributed by atoms with Crippen molar-refractivity contribution in [3.8, 4) is 0 Å². The van der Waals surface area contributed by atoms with Gasteiger partial charge in [-0.3, -0.25) is 0 Å². The summed E-state index contributed by atoms with van der Waals surface area (Å²) in [6, 6.07) is 7.56. The van der Waals surface area contributed by atoms with Crippen molar-refractivity contribution in [2.75, 3.05) is 24.7 Å². The van der Waals surface area contributed by atoms with Crippen LogP contribution in [0.4, 0.5) is 5.69 Å². The van der Waals surface area contributed by atoms with E-state index in [1.165, 1.54) is 19.1 Å². The lowest BCUT2D eigenvalue weighted by atomic mass is 10.1. The zero-order valence-electron chi connectivity index (χ0n) is 10.6. The molecular formula is C13H20N2O2S. The Kier molecular flexibility index (Phi) is 4.24. The molecule has 0 bridgehead atoms. The van der Waals surface area contributed by atoms with Crippen molar-refractivity contribution in [3.63, 3.8) is 0 Å². The van der Waals surface area contributed by atoms with E-state index in [-0.39, 0.29) is 0 Å². The summed E-state index contributed by atoms with van der Waals surface area (Å²) < 4.78 is 22.6. The van der Waals surface area contributed by atoms with E-state index in [1.54, 1.807) is 12.1 Å². The van der Waals surface area contributed by atoms with Crippen molar-refractivity contribution in [2.24, 2.45) is 0 Å². The minimum atomic E-state index is -3.09. The van der Waals surface area contributed by atoms with Crippen LogP contribution in [0.25, 0.3) is 0 Å². The second kappa shape index (κ2) is 5.71. The molecule has 1 fully saturated rings.